The second kappa shape index (κ2) is 16.5. The Labute approximate surface area is 47.7 Å². The molecule has 0 bridgehead atoms. The van der Waals surface area contributed by atoms with E-state index in [0.717, 1.165) is 0 Å². The quantitative estimate of drug-likeness (QED) is 0.482. The van der Waals surface area contributed by atoms with Crippen LogP contribution in [0.15, 0.2) is 0 Å². The van der Waals surface area contributed by atoms with Gasteiger partial charge in [-0.15, -0.1) is 0 Å². The average molecular weight is 145 g/mol. The number of hydrogen-bond donors (Lipinski definition) is 2. The Kier molecular flexibility index (Phi) is 24.0. The van der Waals surface area contributed by atoms with Crippen molar-refractivity contribution in [1.29, 1.82) is 0 Å². The van der Waals surface area contributed by atoms with Crippen LogP contribution in [0.4, 0.5) is 0 Å². The van der Waals surface area contributed by atoms with E-state index in [1.54, 1.807) is 0 Å². The normalized spacial score (nSPS) is 5.43. The van der Waals surface area contributed by atoms with Gasteiger partial charge in [-0.25, -0.2) is 0 Å². The van der Waals surface area contributed by atoms with Gasteiger partial charge < -0.3 is 10.2 Å². The molecule has 2 N–H and O–H groups in total. The molecular formula is C2H6O4V. The van der Waals surface area contributed by atoms with Crippen molar-refractivity contribution in [2.75, 3.05) is 13.2 Å². The molecule has 0 saturated carbocycles. The topological polar surface area (TPSA) is 74.6 Å². The number of hydrogen-bond acceptors (Lipinski definition) is 4. The van der Waals surface area contributed by atoms with Crippen molar-refractivity contribution in [3.63, 3.8) is 0 Å². The Morgan fingerprint density at radius 1 is 1.14 bits per heavy atom. The summed E-state index contributed by atoms with van der Waals surface area (Å²) in [5.74, 6) is 0. The van der Waals surface area contributed by atoms with Crippen molar-refractivity contribution >= 4 is 0 Å². The first-order chi connectivity index (χ1) is 3.33. The summed E-state index contributed by atoms with van der Waals surface area (Å²) in [6.07, 6.45) is 0. The van der Waals surface area contributed by atoms with Crippen molar-refractivity contribution in [2.45, 2.75) is 0 Å². The molecule has 5 heteroatoms. The summed E-state index contributed by atoms with van der Waals surface area (Å²) in [5, 5.41) is 15.2. The van der Waals surface area contributed by atoms with Crippen molar-refractivity contribution in [1.82, 2.24) is 0 Å². The molecule has 7 heavy (non-hydrogen) atoms. The van der Waals surface area contributed by atoms with Crippen LogP contribution in [-0.4, -0.2) is 23.4 Å². The van der Waals surface area contributed by atoms with Gasteiger partial charge in [0, 0.05) is 0 Å². The van der Waals surface area contributed by atoms with Gasteiger partial charge in [0.25, 0.3) is 0 Å². The van der Waals surface area contributed by atoms with E-state index in [2.05, 4.69) is 0 Å². The average Bonchev–Trinajstić information content (AvgIpc) is 1.69. The van der Waals surface area contributed by atoms with Crippen LogP contribution >= 0.6 is 0 Å². The fourth-order valence-corrected chi connectivity index (χ4v) is 0. The van der Waals surface area contributed by atoms with Gasteiger partial charge in [-0.2, -0.15) is 0 Å². The first-order valence-corrected chi connectivity index (χ1v) is 2.64. The third-order valence-electron chi connectivity index (χ3n) is 0.1000. The Bertz CT molecular complexity index is 45.7. The van der Waals surface area contributed by atoms with Gasteiger partial charge in [0.15, 0.2) is 0 Å². The summed E-state index contributed by atoms with van der Waals surface area (Å²) < 4.78 is 16.9. The third kappa shape index (κ3) is 84.3. The molecule has 4 nitrogen and oxygen atoms in total. The van der Waals surface area contributed by atoms with Crippen LogP contribution in [-0.2, 0) is 23.5 Å². The zero-order chi connectivity index (χ0) is 6.12. The molecule has 0 spiro atoms. The molecule has 0 aromatic carbocycles. The predicted molar refractivity (Wildman–Crippen MR) is 15.5 cm³/mol. The van der Waals surface area contributed by atoms with Crippen LogP contribution < -0.4 is 0 Å². The molecule has 0 saturated heterocycles. The fraction of sp³-hybridized carbons (Fsp3) is 1.00. The van der Waals surface area contributed by atoms with Crippen LogP contribution in [0.3, 0.4) is 0 Å². The Balaban J connectivity index is 0. The zero-order valence-electron chi connectivity index (χ0n) is 3.57. The Morgan fingerprint density at radius 2 is 1.29 bits per heavy atom. The summed E-state index contributed by atoms with van der Waals surface area (Å²) in [6.45, 7) is -0.250. The molecule has 0 unspecified atom stereocenters. The van der Waals surface area contributed by atoms with Crippen LogP contribution in [0.25, 0.3) is 0 Å². The summed E-state index contributed by atoms with van der Waals surface area (Å²) >= 11 is -1.81. The van der Waals surface area contributed by atoms with Gasteiger partial charge in [0.2, 0.25) is 0 Å². The van der Waals surface area contributed by atoms with Crippen molar-refractivity contribution in [2.24, 2.45) is 0 Å². The second-order valence-electron chi connectivity index (χ2n) is 0.522. The van der Waals surface area contributed by atoms with Crippen LogP contribution in [0.5, 0.6) is 0 Å². The molecule has 0 aliphatic heterocycles. The molecule has 0 aromatic heterocycles. The van der Waals surface area contributed by atoms with E-state index < -0.39 is 16.2 Å². The second-order valence-corrected chi connectivity index (χ2v) is 0.755. The molecule has 0 aliphatic rings. The summed E-state index contributed by atoms with van der Waals surface area (Å²) in [7, 11) is 0. The summed E-state index contributed by atoms with van der Waals surface area (Å²) in [6, 6.07) is 0. The first kappa shape index (κ1) is 10.2. The maximum atomic E-state index is 8.47. The van der Waals surface area contributed by atoms with Gasteiger partial charge in [-0.05, 0) is 0 Å². The number of aliphatic hydroxyl groups excluding tert-OH is 2. The molecule has 0 fully saturated rings. The molecule has 0 amide bonds. The number of rotatable bonds is 1. The summed E-state index contributed by atoms with van der Waals surface area (Å²) in [5.41, 5.74) is 0. The van der Waals surface area contributed by atoms with E-state index in [-0.39, 0.29) is 13.2 Å². The molecular weight excluding hydrogens is 139 g/mol. The molecule has 0 rings (SSSR count). The monoisotopic (exact) mass is 145 g/mol. The molecule has 0 radical (unpaired) electrons. The SMILES string of the molecule is OCCO.[O]=[V]=[O]. The minimum atomic E-state index is -1.81. The Hall–Kier alpha value is 0.104. The summed E-state index contributed by atoms with van der Waals surface area (Å²) in [4.78, 5) is 0. The van der Waals surface area contributed by atoms with Crippen molar-refractivity contribution in [3.05, 3.63) is 0 Å². The van der Waals surface area contributed by atoms with E-state index in [4.69, 9.17) is 17.6 Å². The predicted octanol–water partition coefficient (Wildman–Crippen LogP) is -1.27. The number of aliphatic hydroxyl groups is 2. The van der Waals surface area contributed by atoms with Crippen molar-refractivity contribution < 1.29 is 33.7 Å². The van der Waals surface area contributed by atoms with Crippen LogP contribution in [0, 0.1) is 0 Å². The van der Waals surface area contributed by atoms with E-state index in [1.165, 1.54) is 0 Å². The van der Waals surface area contributed by atoms with E-state index in [9.17, 15) is 0 Å². The van der Waals surface area contributed by atoms with Gasteiger partial charge in [0.05, 0.1) is 13.2 Å². The standard InChI is InChI=1S/C2H6O2.2O.V/c3-1-2-4;;;/h3-4H,1-2H2;;;. The molecule has 0 aliphatic carbocycles. The van der Waals surface area contributed by atoms with E-state index in [0.29, 0.717) is 0 Å². The first-order valence-electron chi connectivity index (χ1n) is 1.50. The molecule has 0 aromatic rings. The van der Waals surface area contributed by atoms with Gasteiger partial charge in [-0.1, -0.05) is 0 Å². The van der Waals surface area contributed by atoms with E-state index in [1.807, 2.05) is 0 Å². The van der Waals surface area contributed by atoms with Gasteiger partial charge in [0.1, 0.15) is 0 Å². The maximum absolute atomic E-state index is 8.47. The third-order valence-corrected chi connectivity index (χ3v) is 0.1000. The molecule has 43 valence electrons. The Morgan fingerprint density at radius 3 is 1.29 bits per heavy atom. The van der Waals surface area contributed by atoms with Crippen LogP contribution in [0.2, 0.25) is 0 Å². The fourth-order valence-electron chi connectivity index (χ4n) is 0. The van der Waals surface area contributed by atoms with Crippen molar-refractivity contribution in [3.8, 4) is 0 Å². The molecule has 0 heterocycles. The van der Waals surface area contributed by atoms with Gasteiger partial charge in [-0.3, -0.25) is 0 Å². The van der Waals surface area contributed by atoms with Gasteiger partial charge >= 0.3 is 23.5 Å². The zero-order valence-corrected chi connectivity index (χ0v) is 4.97. The minimum absolute atomic E-state index is 0.125. The van der Waals surface area contributed by atoms with Crippen LogP contribution in [0.1, 0.15) is 0 Å². The molecule has 0 atom stereocenters. The van der Waals surface area contributed by atoms with E-state index >= 15 is 0 Å².